The molecular weight excluding hydrogens is 449 g/mol. The molecule has 32 heavy (non-hydrogen) atoms. The summed E-state index contributed by atoms with van der Waals surface area (Å²) in [5, 5.41) is 0. The Kier molecular flexibility index (Phi) is 9.39. The SMILES string of the molecule is CC(/C=C(/C)[N]([Ge])c1c(C(C)C)cccc1C(C)C)=Nc1c(C(C)C)cccc1C(C)C. The number of allylic oxidation sites excluding steroid dienone is 2. The number of para-hydroxylation sites is 2. The molecule has 0 N–H and O–H groups in total. The average Bonchev–Trinajstić information content (AvgIpc) is 2.71. The minimum atomic E-state index is 0.444. The van der Waals surface area contributed by atoms with E-state index in [-0.39, 0.29) is 0 Å². The van der Waals surface area contributed by atoms with E-state index in [4.69, 9.17) is 4.99 Å². The zero-order valence-corrected chi connectivity index (χ0v) is 23.8. The first kappa shape index (κ1) is 26.4. The van der Waals surface area contributed by atoms with Gasteiger partial charge in [-0.1, -0.05) is 0 Å². The van der Waals surface area contributed by atoms with Crippen LogP contribution >= 0.6 is 0 Å². The number of anilines is 1. The van der Waals surface area contributed by atoms with Crippen LogP contribution in [0.5, 0.6) is 0 Å². The van der Waals surface area contributed by atoms with Gasteiger partial charge in [0, 0.05) is 0 Å². The van der Waals surface area contributed by atoms with E-state index in [9.17, 15) is 0 Å². The Morgan fingerprint density at radius 1 is 0.719 bits per heavy atom. The first-order valence-electron chi connectivity index (χ1n) is 12.0. The van der Waals surface area contributed by atoms with Crippen LogP contribution in [0.1, 0.15) is 115 Å². The second-order valence-electron chi connectivity index (χ2n) is 10.1. The summed E-state index contributed by atoms with van der Waals surface area (Å²) in [5.74, 6) is 1.83. The third-order valence-corrected chi connectivity index (χ3v) is 7.18. The monoisotopic (exact) mass is 491 g/mol. The second kappa shape index (κ2) is 11.4. The Bertz CT molecular complexity index is 928. The van der Waals surface area contributed by atoms with Gasteiger partial charge in [-0.15, -0.1) is 0 Å². The zero-order valence-electron chi connectivity index (χ0n) is 21.7. The summed E-state index contributed by atoms with van der Waals surface area (Å²) >= 11 is 2.19. The molecule has 3 heteroatoms. The Hall–Kier alpha value is -1.81. The Balaban J connectivity index is 2.55. The maximum atomic E-state index is 5.15. The van der Waals surface area contributed by atoms with Crippen LogP contribution < -0.4 is 3.86 Å². The predicted molar refractivity (Wildman–Crippen MR) is 144 cm³/mol. The van der Waals surface area contributed by atoms with Crippen molar-refractivity contribution >= 4 is 33.8 Å². The summed E-state index contributed by atoms with van der Waals surface area (Å²) < 4.78 is 2.35. The van der Waals surface area contributed by atoms with Gasteiger partial charge in [0.15, 0.2) is 0 Å². The first-order valence-corrected chi connectivity index (χ1v) is 12.9. The molecule has 0 spiro atoms. The molecule has 0 saturated heterocycles. The molecule has 2 nitrogen and oxygen atoms in total. The Morgan fingerprint density at radius 2 is 1.09 bits per heavy atom. The van der Waals surface area contributed by atoms with Crippen LogP contribution in [0.25, 0.3) is 0 Å². The van der Waals surface area contributed by atoms with Crippen LogP contribution in [0.3, 0.4) is 0 Å². The van der Waals surface area contributed by atoms with Crippen LogP contribution in [0.15, 0.2) is 53.2 Å². The molecule has 0 aliphatic carbocycles. The molecule has 0 aromatic heterocycles. The first-order chi connectivity index (χ1) is 15.0. The van der Waals surface area contributed by atoms with Gasteiger partial charge in [0.1, 0.15) is 0 Å². The van der Waals surface area contributed by atoms with Crippen molar-refractivity contribution < 1.29 is 0 Å². The van der Waals surface area contributed by atoms with Crippen LogP contribution in [-0.2, 0) is 0 Å². The summed E-state index contributed by atoms with van der Waals surface area (Å²) in [5.41, 5.74) is 10.2. The number of hydrogen-bond donors (Lipinski definition) is 0. The summed E-state index contributed by atoms with van der Waals surface area (Å²) in [6.45, 7) is 22.4. The zero-order chi connectivity index (χ0) is 24.2. The summed E-state index contributed by atoms with van der Waals surface area (Å²) in [4.78, 5) is 5.15. The number of aliphatic imine (C=N–C) groups is 1. The van der Waals surface area contributed by atoms with Crippen molar-refractivity contribution in [2.75, 3.05) is 3.86 Å². The third-order valence-electron chi connectivity index (χ3n) is 5.97. The van der Waals surface area contributed by atoms with Gasteiger partial charge < -0.3 is 0 Å². The molecular formula is C29H41GeN2. The van der Waals surface area contributed by atoms with Crippen molar-refractivity contribution in [1.82, 2.24) is 0 Å². The van der Waals surface area contributed by atoms with Crippen molar-refractivity contribution in [3.63, 3.8) is 0 Å². The topological polar surface area (TPSA) is 15.6 Å². The Morgan fingerprint density at radius 3 is 1.47 bits per heavy atom. The molecule has 0 saturated carbocycles. The molecule has 2 aromatic rings. The van der Waals surface area contributed by atoms with E-state index in [2.05, 4.69) is 132 Å². The van der Waals surface area contributed by atoms with E-state index >= 15 is 0 Å². The fourth-order valence-electron chi connectivity index (χ4n) is 4.16. The number of rotatable bonds is 8. The van der Waals surface area contributed by atoms with E-state index in [0.29, 0.717) is 23.7 Å². The fourth-order valence-corrected chi connectivity index (χ4v) is 4.84. The van der Waals surface area contributed by atoms with Gasteiger partial charge in [0.2, 0.25) is 0 Å². The average molecular weight is 490 g/mol. The van der Waals surface area contributed by atoms with Gasteiger partial charge in [-0.3, -0.25) is 0 Å². The van der Waals surface area contributed by atoms with Gasteiger partial charge in [-0.25, -0.2) is 0 Å². The van der Waals surface area contributed by atoms with Gasteiger partial charge in [0.25, 0.3) is 0 Å². The van der Waals surface area contributed by atoms with Gasteiger partial charge in [0.05, 0.1) is 0 Å². The number of nitrogens with zero attached hydrogens (tertiary/aromatic N) is 2. The van der Waals surface area contributed by atoms with Crippen molar-refractivity contribution in [3.05, 3.63) is 70.4 Å². The van der Waals surface area contributed by atoms with Crippen molar-refractivity contribution in [1.29, 1.82) is 0 Å². The van der Waals surface area contributed by atoms with Crippen molar-refractivity contribution in [2.45, 2.75) is 92.9 Å². The molecule has 2 rings (SSSR count). The molecule has 0 unspecified atom stereocenters. The van der Waals surface area contributed by atoms with Crippen molar-refractivity contribution in [3.8, 4) is 0 Å². The van der Waals surface area contributed by atoms with Gasteiger partial charge in [-0.2, -0.15) is 0 Å². The molecule has 0 aliphatic heterocycles. The minimum absolute atomic E-state index is 0.444. The summed E-state index contributed by atoms with van der Waals surface area (Å²) in [6, 6.07) is 13.3. The maximum absolute atomic E-state index is 5.15. The normalized spacial score (nSPS) is 13.1. The van der Waals surface area contributed by atoms with Crippen LogP contribution in [0.2, 0.25) is 0 Å². The van der Waals surface area contributed by atoms with Crippen LogP contribution in [0, 0.1) is 0 Å². The molecule has 0 fully saturated rings. The molecule has 0 heterocycles. The van der Waals surface area contributed by atoms with E-state index in [1.54, 1.807) is 0 Å². The summed E-state index contributed by atoms with van der Waals surface area (Å²) in [6.07, 6.45) is 2.22. The van der Waals surface area contributed by atoms with Gasteiger partial charge >= 0.3 is 206 Å². The molecule has 171 valence electrons. The Labute approximate surface area is 205 Å². The molecule has 2 aromatic carbocycles. The predicted octanol–water partition coefficient (Wildman–Crippen LogP) is 8.77. The van der Waals surface area contributed by atoms with Gasteiger partial charge in [-0.05, 0) is 0 Å². The summed E-state index contributed by atoms with van der Waals surface area (Å²) in [7, 11) is 0. The molecule has 0 atom stereocenters. The molecule has 0 amide bonds. The number of hydrogen-bond acceptors (Lipinski definition) is 2. The quantitative estimate of drug-likeness (QED) is 0.267. The van der Waals surface area contributed by atoms with E-state index < -0.39 is 0 Å². The van der Waals surface area contributed by atoms with E-state index in [1.807, 2.05) is 0 Å². The second-order valence-corrected chi connectivity index (χ2v) is 11.0. The molecule has 0 aliphatic rings. The van der Waals surface area contributed by atoms with E-state index in [0.717, 1.165) is 11.4 Å². The van der Waals surface area contributed by atoms with Crippen LogP contribution in [0.4, 0.5) is 11.4 Å². The third kappa shape index (κ3) is 6.16. The fraction of sp³-hybridized carbons (Fsp3) is 0.483. The van der Waals surface area contributed by atoms with Crippen molar-refractivity contribution in [2.24, 2.45) is 4.99 Å². The standard InChI is InChI=1S/C29H41GeN2/c1-18(2)24-13-11-14-25(19(3)4)28(24)31-22(9)17-23(10)32(30)29-26(20(5)6)15-12-16-27(29)21(7)8/h11-21H,1-10H3/b23-17-,31-22?. The van der Waals surface area contributed by atoms with Crippen LogP contribution in [-0.4, -0.2) is 22.4 Å². The van der Waals surface area contributed by atoms with E-state index in [1.165, 1.54) is 33.6 Å². The molecule has 3 radical (unpaired) electrons. The number of benzene rings is 2. The molecule has 0 bridgehead atoms.